The van der Waals surface area contributed by atoms with Gasteiger partial charge < -0.3 is 20.3 Å². The molecule has 0 aromatic heterocycles. The fourth-order valence-electron chi connectivity index (χ4n) is 12.2. The Balaban J connectivity index is 3.38. The summed E-state index contributed by atoms with van der Waals surface area (Å²) in [5, 5.41) is 23.3. The lowest BCUT2D eigenvalue weighted by Crippen LogP contribution is -2.45. The molecule has 0 rings (SSSR count). The number of aliphatic hydroxyl groups excluding tert-OH is 2. The van der Waals surface area contributed by atoms with Gasteiger partial charge in [-0.2, -0.15) is 0 Å². The Morgan fingerprint density at radius 1 is 0.318 bits per heavy atom. The number of unbranched alkanes of at least 4 members (excludes halogenated alkanes) is 58. The molecule has 1 amide bonds. The van der Waals surface area contributed by atoms with Gasteiger partial charge >= 0.3 is 5.97 Å². The summed E-state index contributed by atoms with van der Waals surface area (Å²) >= 11 is 0. The van der Waals surface area contributed by atoms with Crippen LogP contribution in [0.5, 0.6) is 0 Å². The number of amides is 1. The van der Waals surface area contributed by atoms with E-state index in [1.54, 1.807) is 6.08 Å². The summed E-state index contributed by atoms with van der Waals surface area (Å²) in [4.78, 5) is 24.6. The number of ether oxygens (including phenoxy) is 1. The highest BCUT2D eigenvalue weighted by Gasteiger charge is 2.18. The maximum atomic E-state index is 12.5. The highest BCUT2D eigenvalue weighted by molar-refractivity contribution is 5.76. The molecule has 3 N–H and O–H groups in total. The van der Waals surface area contributed by atoms with Crippen molar-refractivity contribution in [2.45, 2.75) is 443 Å². The summed E-state index contributed by atoms with van der Waals surface area (Å²) in [6.07, 6.45) is 96.8. The third-order valence-corrected chi connectivity index (χ3v) is 18.1. The third kappa shape index (κ3) is 71.0. The zero-order chi connectivity index (χ0) is 61.3. The molecule has 2 atom stereocenters. The van der Waals surface area contributed by atoms with Gasteiger partial charge in [0.15, 0.2) is 0 Å². The van der Waals surface area contributed by atoms with E-state index in [1.165, 1.54) is 360 Å². The molecule has 0 aliphatic rings. The first-order valence-corrected chi connectivity index (χ1v) is 38.8. The first-order valence-electron chi connectivity index (χ1n) is 38.8. The molecule has 0 spiro atoms. The van der Waals surface area contributed by atoms with Gasteiger partial charge in [-0.1, -0.05) is 371 Å². The van der Waals surface area contributed by atoms with Crippen LogP contribution < -0.4 is 5.32 Å². The lowest BCUT2D eigenvalue weighted by molar-refractivity contribution is -0.143. The van der Waals surface area contributed by atoms with Gasteiger partial charge in [-0.25, -0.2) is 0 Å². The van der Waals surface area contributed by atoms with Crippen molar-refractivity contribution in [3.8, 4) is 0 Å². The van der Waals surface area contributed by atoms with E-state index < -0.39 is 12.1 Å². The lowest BCUT2D eigenvalue weighted by atomic mass is 10.0. The normalized spacial score (nSPS) is 12.7. The maximum Gasteiger partial charge on any atom is 0.305 e. The van der Waals surface area contributed by atoms with Gasteiger partial charge in [0.25, 0.3) is 0 Å². The van der Waals surface area contributed by atoms with E-state index in [1.807, 2.05) is 6.08 Å². The molecule has 0 aromatic rings. The molecule has 502 valence electrons. The Morgan fingerprint density at radius 2 is 0.553 bits per heavy atom. The van der Waals surface area contributed by atoms with Gasteiger partial charge in [0.1, 0.15) is 0 Å². The van der Waals surface area contributed by atoms with E-state index in [-0.39, 0.29) is 18.5 Å². The summed E-state index contributed by atoms with van der Waals surface area (Å²) in [5.74, 6) is -0.0481. The van der Waals surface area contributed by atoms with Crippen molar-refractivity contribution < 1.29 is 24.5 Å². The Morgan fingerprint density at radius 3 is 0.835 bits per heavy atom. The van der Waals surface area contributed by atoms with Crippen LogP contribution in [0.15, 0.2) is 36.5 Å². The average molecular weight is 1200 g/mol. The average Bonchev–Trinajstić information content (AvgIpc) is 3.51. The van der Waals surface area contributed by atoms with Crippen LogP contribution in [0.25, 0.3) is 0 Å². The molecule has 0 bridgehead atoms. The van der Waals surface area contributed by atoms with Crippen molar-refractivity contribution in [3.63, 3.8) is 0 Å². The van der Waals surface area contributed by atoms with Gasteiger partial charge in [0.2, 0.25) is 5.91 Å². The van der Waals surface area contributed by atoms with Crippen molar-refractivity contribution in [1.29, 1.82) is 0 Å². The molecule has 0 saturated carbocycles. The Hall–Kier alpha value is -1.92. The third-order valence-electron chi connectivity index (χ3n) is 18.1. The first-order chi connectivity index (χ1) is 42.0. The quantitative estimate of drug-likeness (QED) is 0.0320. The standard InChI is InChI=1S/C79H151NO5/c1-3-5-7-9-11-13-15-17-19-21-22-33-36-40-43-47-51-55-59-63-67-71-77(82)76(75-81)80-78(83)72-68-64-60-56-52-48-44-41-37-34-31-29-27-25-23-24-26-28-30-32-35-38-42-46-50-54-58-62-66-70-74-85-79(84)73-69-65-61-57-53-49-45-39-20-18-16-14-12-10-8-6-4-2/h18,20,24,26,67,71,76-77,81-82H,3-17,19,21-23,25,27-66,68-70,72-75H2,1-2H3,(H,80,83)/b20-18-,26-24-,71-67+. The fraction of sp³-hybridized carbons (Fsp3) is 0.899. The minimum absolute atomic E-state index is 0.0142. The van der Waals surface area contributed by atoms with Crippen LogP contribution in [0.2, 0.25) is 0 Å². The molecule has 6 nitrogen and oxygen atoms in total. The number of aliphatic hydroxyl groups is 2. The number of rotatable bonds is 73. The summed E-state index contributed by atoms with van der Waals surface area (Å²) in [7, 11) is 0. The van der Waals surface area contributed by atoms with Crippen LogP contribution in [-0.4, -0.2) is 47.4 Å². The second-order valence-electron chi connectivity index (χ2n) is 26.7. The number of carbonyl (C=O) groups excluding carboxylic acids is 2. The van der Waals surface area contributed by atoms with Crippen molar-refractivity contribution in [2.24, 2.45) is 0 Å². The largest absolute Gasteiger partial charge is 0.466 e. The SMILES string of the molecule is CCCCCCCC/C=C\CCCCCCCCCC(=O)OCCCCCCCCCCCCCC/C=C\CCCCCCCCCCCCCCCCC(=O)NC(CO)C(O)/C=C/CCCCCCCCCCCCCCCCCCCCC. The first kappa shape index (κ1) is 83.1. The maximum absolute atomic E-state index is 12.5. The molecular weight excluding hydrogens is 1040 g/mol. The van der Waals surface area contributed by atoms with Crippen LogP contribution in [0, 0.1) is 0 Å². The molecule has 2 unspecified atom stereocenters. The van der Waals surface area contributed by atoms with Gasteiger partial charge in [0.05, 0.1) is 25.4 Å². The predicted molar refractivity (Wildman–Crippen MR) is 375 cm³/mol. The predicted octanol–water partition coefficient (Wildman–Crippen LogP) is 25.4. The molecular formula is C79H151NO5. The van der Waals surface area contributed by atoms with Gasteiger partial charge in [-0.3, -0.25) is 9.59 Å². The zero-order valence-electron chi connectivity index (χ0n) is 57.6. The van der Waals surface area contributed by atoms with Crippen LogP contribution in [0.1, 0.15) is 431 Å². The number of hydrogen-bond donors (Lipinski definition) is 3. The molecule has 0 saturated heterocycles. The summed E-state index contributed by atoms with van der Waals surface area (Å²) in [5.41, 5.74) is 0. The van der Waals surface area contributed by atoms with E-state index in [9.17, 15) is 19.8 Å². The smallest absolute Gasteiger partial charge is 0.305 e. The van der Waals surface area contributed by atoms with Crippen LogP contribution in [-0.2, 0) is 14.3 Å². The van der Waals surface area contributed by atoms with Gasteiger partial charge in [-0.15, -0.1) is 0 Å². The molecule has 0 aliphatic heterocycles. The van der Waals surface area contributed by atoms with Crippen LogP contribution in [0.3, 0.4) is 0 Å². The van der Waals surface area contributed by atoms with E-state index in [2.05, 4.69) is 43.5 Å². The monoisotopic (exact) mass is 1190 g/mol. The molecule has 0 aliphatic carbocycles. The Labute approximate surface area is 532 Å². The fourth-order valence-corrected chi connectivity index (χ4v) is 12.2. The lowest BCUT2D eigenvalue weighted by Gasteiger charge is -2.20. The second-order valence-corrected chi connectivity index (χ2v) is 26.7. The molecule has 0 fully saturated rings. The van der Waals surface area contributed by atoms with Crippen molar-refractivity contribution >= 4 is 11.9 Å². The van der Waals surface area contributed by atoms with Crippen molar-refractivity contribution in [3.05, 3.63) is 36.5 Å². The van der Waals surface area contributed by atoms with Crippen LogP contribution in [0.4, 0.5) is 0 Å². The van der Waals surface area contributed by atoms with E-state index in [0.717, 1.165) is 44.9 Å². The summed E-state index contributed by atoms with van der Waals surface area (Å²) in [6, 6.07) is -0.628. The number of carbonyl (C=O) groups is 2. The molecule has 0 radical (unpaired) electrons. The Bertz CT molecular complexity index is 1380. The van der Waals surface area contributed by atoms with Crippen LogP contribution >= 0.6 is 0 Å². The minimum atomic E-state index is -0.845. The highest BCUT2D eigenvalue weighted by atomic mass is 16.5. The number of allylic oxidation sites excluding steroid dienone is 5. The van der Waals surface area contributed by atoms with Crippen molar-refractivity contribution in [2.75, 3.05) is 13.2 Å². The van der Waals surface area contributed by atoms with E-state index in [4.69, 9.17) is 4.74 Å². The Kier molecular flexibility index (Phi) is 72.9. The molecule has 0 heterocycles. The van der Waals surface area contributed by atoms with Gasteiger partial charge in [-0.05, 0) is 83.5 Å². The van der Waals surface area contributed by atoms with Crippen molar-refractivity contribution in [1.82, 2.24) is 5.32 Å². The second kappa shape index (κ2) is 74.5. The molecule has 0 aromatic carbocycles. The number of esters is 1. The topological polar surface area (TPSA) is 95.9 Å². The molecule has 6 heteroatoms. The summed E-state index contributed by atoms with van der Waals surface area (Å²) < 4.78 is 5.51. The highest BCUT2D eigenvalue weighted by Crippen LogP contribution is 2.19. The number of hydrogen-bond acceptors (Lipinski definition) is 5. The molecule has 85 heavy (non-hydrogen) atoms. The summed E-state index contributed by atoms with van der Waals surface area (Å²) in [6.45, 7) is 4.94. The zero-order valence-corrected chi connectivity index (χ0v) is 57.6. The van der Waals surface area contributed by atoms with Gasteiger partial charge in [0, 0.05) is 12.8 Å². The van der Waals surface area contributed by atoms with E-state index >= 15 is 0 Å². The van der Waals surface area contributed by atoms with E-state index in [0.29, 0.717) is 19.4 Å². The number of nitrogens with one attached hydrogen (secondary N) is 1. The minimum Gasteiger partial charge on any atom is -0.466 e.